The van der Waals surface area contributed by atoms with Crippen molar-refractivity contribution < 1.29 is 17.9 Å². The van der Waals surface area contributed by atoms with Gasteiger partial charge in [0.1, 0.15) is 0 Å². The molecule has 0 aliphatic heterocycles. The minimum Gasteiger partial charge on any atom is -0.388 e. The fourth-order valence-corrected chi connectivity index (χ4v) is 1.30. The first-order valence-corrected chi connectivity index (χ1v) is 4.06. The second kappa shape index (κ2) is 3.53. The van der Waals surface area contributed by atoms with Crippen molar-refractivity contribution in [2.45, 2.75) is 13.3 Å². The molecule has 0 aliphatic carbocycles. The molecule has 72 valence electrons. The van der Waals surface area contributed by atoms with Gasteiger partial charge in [-0.25, -0.2) is 4.98 Å². The van der Waals surface area contributed by atoms with E-state index in [-0.39, 0.29) is 0 Å². The lowest BCUT2D eigenvalue weighted by atomic mass is 10.4. The van der Waals surface area contributed by atoms with Crippen molar-refractivity contribution in [3.63, 3.8) is 0 Å². The van der Waals surface area contributed by atoms with Gasteiger partial charge in [-0.15, -0.1) is 13.2 Å². The maximum absolute atomic E-state index is 11.7. The van der Waals surface area contributed by atoms with Crippen LogP contribution in [-0.4, -0.2) is 11.3 Å². The molecular formula is C7H5BrF3NO. The molecule has 0 N–H and O–H groups in total. The number of halogens is 4. The monoisotopic (exact) mass is 255 g/mol. The summed E-state index contributed by atoms with van der Waals surface area (Å²) in [7, 11) is 0. The molecule has 0 radical (unpaired) electrons. The number of aryl methyl sites for hydroxylation is 1. The normalized spacial score (nSPS) is 11.5. The first-order valence-electron chi connectivity index (χ1n) is 3.27. The van der Waals surface area contributed by atoms with Crippen LogP contribution in [0.3, 0.4) is 0 Å². The van der Waals surface area contributed by atoms with Crippen molar-refractivity contribution >= 4 is 15.9 Å². The SMILES string of the molecule is Cc1cc(Br)cc(OC(F)(F)F)n1. The number of alkyl halides is 3. The van der Waals surface area contributed by atoms with Crippen molar-refractivity contribution in [2.75, 3.05) is 0 Å². The molecule has 0 unspecified atom stereocenters. The molecule has 1 aromatic heterocycles. The van der Waals surface area contributed by atoms with E-state index in [1.54, 1.807) is 13.0 Å². The summed E-state index contributed by atoms with van der Waals surface area (Å²) in [5, 5.41) is 0. The zero-order chi connectivity index (χ0) is 10.1. The molecule has 13 heavy (non-hydrogen) atoms. The fraction of sp³-hybridized carbons (Fsp3) is 0.286. The molecule has 2 nitrogen and oxygen atoms in total. The number of ether oxygens (including phenoxy) is 1. The first kappa shape index (κ1) is 10.3. The predicted octanol–water partition coefficient (Wildman–Crippen LogP) is 3.05. The van der Waals surface area contributed by atoms with Crippen molar-refractivity contribution in [1.29, 1.82) is 0 Å². The Bertz CT molecular complexity index is 293. The predicted molar refractivity (Wildman–Crippen MR) is 43.4 cm³/mol. The van der Waals surface area contributed by atoms with Gasteiger partial charge in [-0.1, -0.05) is 15.9 Å². The highest BCUT2D eigenvalue weighted by atomic mass is 79.9. The third-order valence-electron chi connectivity index (χ3n) is 1.11. The van der Waals surface area contributed by atoms with Crippen LogP contribution in [0.4, 0.5) is 13.2 Å². The van der Waals surface area contributed by atoms with E-state index in [2.05, 4.69) is 25.7 Å². The number of aromatic nitrogens is 1. The van der Waals surface area contributed by atoms with E-state index in [1.807, 2.05) is 0 Å². The molecule has 1 heterocycles. The molecule has 1 rings (SSSR count). The molecule has 0 saturated carbocycles. The first-order chi connectivity index (χ1) is 5.87. The lowest BCUT2D eigenvalue weighted by molar-refractivity contribution is -0.276. The molecular weight excluding hydrogens is 251 g/mol. The van der Waals surface area contributed by atoms with Crippen molar-refractivity contribution in [2.24, 2.45) is 0 Å². The Morgan fingerprint density at radius 2 is 2.00 bits per heavy atom. The number of nitrogens with zero attached hydrogens (tertiary/aromatic N) is 1. The van der Waals surface area contributed by atoms with Crippen LogP contribution < -0.4 is 4.74 Å². The molecule has 0 bridgehead atoms. The van der Waals surface area contributed by atoms with Crippen LogP contribution in [0.25, 0.3) is 0 Å². The third kappa shape index (κ3) is 3.63. The Hall–Kier alpha value is -0.780. The largest absolute Gasteiger partial charge is 0.574 e. The molecule has 0 spiro atoms. The number of pyridine rings is 1. The van der Waals surface area contributed by atoms with Crippen LogP contribution in [-0.2, 0) is 0 Å². The zero-order valence-corrected chi connectivity index (χ0v) is 8.11. The average Bonchev–Trinajstić information content (AvgIpc) is 1.78. The van der Waals surface area contributed by atoms with E-state index in [4.69, 9.17) is 0 Å². The third-order valence-corrected chi connectivity index (χ3v) is 1.57. The maximum atomic E-state index is 11.7. The Morgan fingerprint density at radius 3 is 2.46 bits per heavy atom. The molecule has 0 amide bonds. The summed E-state index contributed by atoms with van der Waals surface area (Å²) in [6.07, 6.45) is -4.69. The summed E-state index contributed by atoms with van der Waals surface area (Å²) >= 11 is 3.03. The van der Waals surface area contributed by atoms with Crippen LogP contribution in [0.1, 0.15) is 5.69 Å². The van der Waals surface area contributed by atoms with Gasteiger partial charge >= 0.3 is 6.36 Å². The van der Waals surface area contributed by atoms with Gasteiger partial charge in [0.05, 0.1) is 0 Å². The van der Waals surface area contributed by atoms with Crippen LogP contribution in [0.5, 0.6) is 5.88 Å². The van der Waals surface area contributed by atoms with E-state index in [9.17, 15) is 13.2 Å². The lowest BCUT2D eigenvalue weighted by Crippen LogP contribution is -2.18. The number of rotatable bonds is 1. The van der Waals surface area contributed by atoms with E-state index in [0.717, 1.165) is 6.07 Å². The molecule has 0 aliphatic rings. The highest BCUT2D eigenvalue weighted by molar-refractivity contribution is 9.10. The van der Waals surface area contributed by atoms with Gasteiger partial charge in [0, 0.05) is 16.2 Å². The van der Waals surface area contributed by atoms with Gasteiger partial charge in [-0.05, 0) is 13.0 Å². The second-order valence-corrected chi connectivity index (χ2v) is 3.23. The summed E-state index contributed by atoms with van der Waals surface area (Å²) in [6, 6.07) is 2.74. The van der Waals surface area contributed by atoms with Crippen LogP contribution >= 0.6 is 15.9 Å². The summed E-state index contributed by atoms with van der Waals surface area (Å²) < 4.78 is 39.3. The molecule has 0 atom stereocenters. The van der Waals surface area contributed by atoms with Gasteiger partial charge < -0.3 is 4.74 Å². The van der Waals surface area contributed by atoms with Crippen molar-refractivity contribution in [1.82, 2.24) is 4.98 Å². The number of hydrogen-bond acceptors (Lipinski definition) is 2. The molecule has 0 saturated heterocycles. The minimum absolute atomic E-state index is 0.452. The summed E-state index contributed by atoms with van der Waals surface area (Å²) in [6.45, 7) is 1.58. The Kier molecular flexibility index (Phi) is 2.80. The van der Waals surface area contributed by atoms with Crippen LogP contribution in [0, 0.1) is 6.92 Å². The number of hydrogen-bond donors (Lipinski definition) is 0. The smallest absolute Gasteiger partial charge is 0.388 e. The topological polar surface area (TPSA) is 22.1 Å². The van der Waals surface area contributed by atoms with E-state index in [0.29, 0.717) is 10.2 Å². The Balaban J connectivity index is 2.90. The van der Waals surface area contributed by atoms with Crippen LogP contribution in [0.15, 0.2) is 16.6 Å². The maximum Gasteiger partial charge on any atom is 0.574 e. The average molecular weight is 256 g/mol. The zero-order valence-electron chi connectivity index (χ0n) is 6.52. The second-order valence-electron chi connectivity index (χ2n) is 2.31. The standard InChI is InChI=1S/C7H5BrF3NO/c1-4-2-5(8)3-6(12-4)13-7(9,10)11/h2-3H,1H3. The van der Waals surface area contributed by atoms with Gasteiger partial charge in [0.2, 0.25) is 5.88 Å². The highest BCUT2D eigenvalue weighted by Gasteiger charge is 2.31. The summed E-state index contributed by atoms with van der Waals surface area (Å²) in [5.41, 5.74) is 0.452. The minimum atomic E-state index is -4.69. The molecule has 6 heteroatoms. The van der Waals surface area contributed by atoms with Gasteiger partial charge in [0.15, 0.2) is 0 Å². The van der Waals surface area contributed by atoms with E-state index >= 15 is 0 Å². The van der Waals surface area contributed by atoms with Crippen molar-refractivity contribution in [3.05, 3.63) is 22.3 Å². The lowest BCUT2D eigenvalue weighted by Gasteiger charge is -2.08. The fourth-order valence-electron chi connectivity index (χ4n) is 0.768. The summed E-state index contributed by atoms with van der Waals surface area (Å²) in [5.74, 6) is -0.459. The molecule has 0 aromatic carbocycles. The quantitative estimate of drug-likeness (QED) is 0.770. The highest BCUT2D eigenvalue weighted by Crippen LogP contribution is 2.23. The van der Waals surface area contributed by atoms with Crippen molar-refractivity contribution in [3.8, 4) is 5.88 Å². The van der Waals surface area contributed by atoms with Crippen LogP contribution in [0.2, 0.25) is 0 Å². The van der Waals surface area contributed by atoms with Gasteiger partial charge in [-0.3, -0.25) is 0 Å². The van der Waals surface area contributed by atoms with Gasteiger partial charge in [-0.2, -0.15) is 0 Å². The van der Waals surface area contributed by atoms with E-state index in [1.165, 1.54) is 0 Å². The molecule has 0 fully saturated rings. The Morgan fingerprint density at radius 1 is 1.38 bits per heavy atom. The molecule has 1 aromatic rings. The summed E-state index contributed by atoms with van der Waals surface area (Å²) in [4.78, 5) is 3.55. The van der Waals surface area contributed by atoms with Gasteiger partial charge in [0.25, 0.3) is 0 Å². The Labute approximate surface area is 80.9 Å². The van der Waals surface area contributed by atoms with E-state index < -0.39 is 12.2 Å².